The Morgan fingerprint density at radius 3 is 2.71 bits per heavy atom. The molecule has 78 valence electrons. The van der Waals surface area contributed by atoms with Crippen LogP contribution in [-0.2, 0) is 14.3 Å². The van der Waals surface area contributed by atoms with Crippen LogP contribution in [0.4, 0.5) is 0 Å². The first-order chi connectivity index (χ1) is 6.70. The van der Waals surface area contributed by atoms with Crippen molar-refractivity contribution in [2.24, 2.45) is 0 Å². The molecule has 2 amide bonds. The van der Waals surface area contributed by atoms with E-state index in [2.05, 4.69) is 6.92 Å². The van der Waals surface area contributed by atoms with Crippen molar-refractivity contribution in [2.45, 2.75) is 26.2 Å². The second-order valence-corrected chi connectivity index (χ2v) is 3.26. The van der Waals surface area contributed by atoms with Crippen LogP contribution in [0.1, 0.15) is 26.2 Å². The molecule has 0 aromatic heterocycles. The van der Waals surface area contributed by atoms with Crippen molar-refractivity contribution in [3.8, 4) is 0 Å². The van der Waals surface area contributed by atoms with E-state index in [0.29, 0.717) is 12.0 Å². The van der Waals surface area contributed by atoms with Gasteiger partial charge in [-0.2, -0.15) is 0 Å². The van der Waals surface area contributed by atoms with Gasteiger partial charge in [0.1, 0.15) is 6.73 Å². The van der Waals surface area contributed by atoms with Gasteiger partial charge in [-0.25, -0.2) is 0 Å². The summed E-state index contributed by atoms with van der Waals surface area (Å²) in [5, 5.41) is 0. The van der Waals surface area contributed by atoms with Crippen LogP contribution < -0.4 is 0 Å². The minimum absolute atomic E-state index is 0.0454. The second kappa shape index (κ2) is 4.91. The van der Waals surface area contributed by atoms with Gasteiger partial charge < -0.3 is 4.74 Å². The third-order valence-electron chi connectivity index (χ3n) is 2.14. The Labute approximate surface area is 83.5 Å². The van der Waals surface area contributed by atoms with Crippen molar-refractivity contribution in [3.05, 3.63) is 11.6 Å². The lowest BCUT2D eigenvalue weighted by Crippen LogP contribution is -2.32. The zero-order chi connectivity index (χ0) is 10.6. The van der Waals surface area contributed by atoms with E-state index in [9.17, 15) is 9.59 Å². The van der Waals surface area contributed by atoms with Gasteiger partial charge in [0.25, 0.3) is 11.8 Å². The van der Waals surface area contributed by atoms with Crippen LogP contribution in [0.3, 0.4) is 0 Å². The maximum Gasteiger partial charge on any atom is 0.258 e. The molecule has 0 saturated heterocycles. The third kappa shape index (κ3) is 2.20. The Balaban J connectivity index is 2.59. The van der Waals surface area contributed by atoms with Gasteiger partial charge in [0.05, 0.1) is 0 Å². The van der Waals surface area contributed by atoms with Crippen LogP contribution in [0.15, 0.2) is 11.6 Å². The minimum Gasteiger partial charge on any atom is -0.364 e. The molecule has 0 N–H and O–H groups in total. The predicted octanol–water partition coefficient (Wildman–Crippen LogP) is 1.08. The summed E-state index contributed by atoms with van der Waals surface area (Å²) in [6.07, 6.45) is 4.05. The zero-order valence-corrected chi connectivity index (χ0v) is 8.58. The highest BCUT2D eigenvalue weighted by molar-refractivity contribution is 6.16. The standard InChI is InChI=1S/C10H15NO3/c1-3-4-5-8-6-9(12)11(7-14-2)10(8)13/h6H,3-5,7H2,1-2H3. The van der Waals surface area contributed by atoms with Crippen LogP contribution >= 0.6 is 0 Å². The van der Waals surface area contributed by atoms with Gasteiger partial charge in [0, 0.05) is 18.8 Å². The van der Waals surface area contributed by atoms with Gasteiger partial charge in [-0.1, -0.05) is 13.3 Å². The summed E-state index contributed by atoms with van der Waals surface area (Å²) in [6, 6.07) is 0. The summed E-state index contributed by atoms with van der Waals surface area (Å²) < 4.78 is 4.77. The molecule has 1 heterocycles. The lowest BCUT2D eigenvalue weighted by atomic mass is 10.1. The van der Waals surface area contributed by atoms with Crippen LogP contribution in [-0.4, -0.2) is 30.6 Å². The topological polar surface area (TPSA) is 46.6 Å². The average Bonchev–Trinajstić information content (AvgIpc) is 2.43. The number of amides is 2. The highest BCUT2D eigenvalue weighted by Gasteiger charge is 2.29. The number of unbranched alkanes of at least 4 members (excludes halogenated alkanes) is 1. The van der Waals surface area contributed by atoms with Crippen molar-refractivity contribution in [1.29, 1.82) is 0 Å². The maximum atomic E-state index is 11.6. The van der Waals surface area contributed by atoms with Crippen LogP contribution in [0.2, 0.25) is 0 Å². The van der Waals surface area contributed by atoms with Gasteiger partial charge in [0.15, 0.2) is 0 Å². The monoisotopic (exact) mass is 197 g/mol. The molecule has 4 heteroatoms. The number of nitrogens with zero attached hydrogens (tertiary/aromatic N) is 1. The van der Waals surface area contributed by atoms with Crippen molar-refractivity contribution < 1.29 is 14.3 Å². The molecule has 1 rings (SSSR count). The first kappa shape index (κ1) is 10.9. The normalized spacial score (nSPS) is 16.4. The number of methoxy groups -OCH3 is 1. The van der Waals surface area contributed by atoms with Gasteiger partial charge in [-0.15, -0.1) is 0 Å². The number of carbonyl (C=O) groups is 2. The molecule has 0 spiro atoms. The summed E-state index contributed by atoms with van der Waals surface area (Å²) in [5.41, 5.74) is 0.605. The molecular weight excluding hydrogens is 182 g/mol. The van der Waals surface area contributed by atoms with Crippen LogP contribution in [0.25, 0.3) is 0 Å². The molecule has 0 fully saturated rings. The Hall–Kier alpha value is -1.16. The Morgan fingerprint density at radius 2 is 2.14 bits per heavy atom. The Bertz CT molecular complexity index is 271. The average molecular weight is 197 g/mol. The fourth-order valence-electron chi connectivity index (χ4n) is 1.36. The summed E-state index contributed by atoms with van der Waals surface area (Å²) >= 11 is 0. The Kier molecular flexibility index (Phi) is 3.83. The summed E-state index contributed by atoms with van der Waals surface area (Å²) in [4.78, 5) is 24.0. The third-order valence-corrected chi connectivity index (χ3v) is 2.14. The number of hydrogen-bond donors (Lipinski definition) is 0. The largest absolute Gasteiger partial charge is 0.364 e. The second-order valence-electron chi connectivity index (χ2n) is 3.26. The molecule has 14 heavy (non-hydrogen) atoms. The van der Waals surface area contributed by atoms with Gasteiger partial charge in [0.2, 0.25) is 0 Å². The highest BCUT2D eigenvalue weighted by atomic mass is 16.5. The zero-order valence-electron chi connectivity index (χ0n) is 8.58. The summed E-state index contributed by atoms with van der Waals surface area (Å²) in [7, 11) is 1.46. The fraction of sp³-hybridized carbons (Fsp3) is 0.600. The van der Waals surface area contributed by atoms with Crippen molar-refractivity contribution in [2.75, 3.05) is 13.8 Å². The fourth-order valence-corrected chi connectivity index (χ4v) is 1.36. The minimum atomic E-state index is -0.261. The summed E-state index contributed by atoms with van der Waals surface area (Å²) in [6.45, 7) is 2.10. The predicted molar refractivity (Wildman–Crippen MR) is 51.3 cm³/mol. The molecule has 0 radical (unpaired) electrons. The van der Waals surface area contributed by atoms with E-state index in [1.54, 1.807) is 0 Å². The van der Waals surface area contributed by atoms with Crippen LogP contribution in [0.5, 0.6) is 0 Å². The number of imide groups is 1. The Morgan fingerprint density at radius 1 is 1.43 bits per heavy atom. The van der Waals surface area contributed by atoms with Gasteiger partial charge >= 0.3 is 0 Å². The van der Waals surface area contributed by atoms with E-state index < -0.39 is 0 Å². The molecule has 0 saturated carbocycles. The highest BCUT2D eigenvalue weighted by Crippen LogP contribution is 2.17. The number of ether oxygens (including phenoxy) is 1. The molecule has 0 aromatic rings. The molecule has 4 nitrogen and oxygen atoms in total. The van der Waals surface area contributed by atoms with Crippen molar-refractivity contribution >= 4 is 11.8 Å². The van der Waals surface area contributed by atoms with Gasteiger partial charge in [-0.05, 0) is 12.8 Å². The van der Waals surface area contributed by atoms with Crippen molar-refractivity contribution in [1.82, 2.24) is 4.90 Å². The first-order valence-corrected chi connectivity index (χ1v) is 4.76. The van der Waals surface area contributed by atoms with E-state index in [1.807, 2.05) is 0 Å². The number of carbonyl (C=O) groups excluding carboxylic acids is 2. The summed E-state index contributed by atoms with van der Waals surface area (Å²) in [5.74, 6) is -0.465. The quantitative estimate of drug-likeness (QED) is 0.619. The molecule has 0 aliphatic carbocycles. The smallest absolute Gasteiger partial charge is 0.258 e. The van der Waals surface area contributed by atoms with E-state index in [0.717, 1.165) is 17.7 Å². The number of rotatable bonds is 5. The molecule has 0 unspecified atom stereocenters. The van der Waals surface area contributed by atoms with Gasteiger partial charge in [-0.3, -0.25) is 14.5 Å². The number of hydrogen-bond acceptors (Lipinski definition) is 3. The molecular formula is C10H15NO3. The van der Waals surface area contributed by atoms with E-state index in [4.69, 9.17) is 4.74 Å². The first-order valence-electron chi connectivity index (χ1n) is 4.76. The van der Waals surface area contributed by atoms with E-state index >= 15 is 0 Å². The lowest BCUT2D eigenvalue weighted by molar-refractivity contribution is -0.142. The van der Waals surface area contributed by atoms with Crippen LogP contribution in [0, 0.1) is 0 Å². The van der Waals surface area contributed by atoms with Crippen molar-refractivity contribution in [3.63, 3.8) is 0 Å². The molecule has 0 atom stereocenters. The SMILES string of the molecule is CCCCC1=CC(=O)N(COC)C1=O. The molecule has 0 aromatic carbocycles. The molecule has 0 bridgehead atoms. The lowest BCUT2D eigenvalue weighted by Gasteiger charge is -2.12. The molecule has 1 aliphatic rings. The maximum absolute atomic E-state index is 11.6. The molecule has 1 aliphatic heterocycles. The van der Waals surface area contributed by atoms with E-state index in [-0.39, 0.29) is 18.5 Å². The van der Waals surface area contributed by atoms with E-state index in [1.165, 1.54) is 13.2 Å².